The molecule has 3 heterocycles. The summed E-state index contributed by atoms with van der Waals surface area (Å²) in [5.41, 5.74) is 0.910. The zero-order valence-electron chi connectivity index (χ0n) is 16.3. The molecule has 0 aliphatic rings. The van der Waals surface area contributed by atoms with Gasteiger partial charge in [0.05, 0.1) is 34.2 Å². The Kier molecular flexibility index (Phi) is 6.47. The number of amides is 1. The minimum atomic E-state index is -0.557. The lowest BCUT2D eigenvalue weighted by Crippen LogP contribution is -2.15. The van der Waals surface area contributed by atoms with Crippen LogP contribution in [0.2, 0.25) is 5.02 Å². The average Bonchev–Trinajstić information content (AvgIpc) is 3.44. The maximum Gasteiger partial charge on any atom is 0.271 e. The summed E-state index contributed by atoms with van der Waals surface area (Å²) < 4.78 is 7.29. The smallest absolute Gasteiger partial charge is 0.271 e. The Bertz CT molecular complexity index is 1250. The molecule has 3 aromatic heterocycles. The second-order valence-corrected chi connectivity index (χ2v) is 7.82. The van der Waals surface area contributed by atoms with Crippen molar-refractivity contribution in [3.63, 3.8) is 0 Å². The van der Waals surface area contributed by atoms with E-state index in [1.54, 1.807) is 30.8 Å². The number of hydrogen-bond acceptors (Lipinski definition) is 8. The molecule has 12 heteroatoms. The van der Waals surface area contributed by atoms with Crippen LogP contribution in [0.25, 0.3) is 11.4 Å². The van der Waals surface area contributed by atoms with E-state index in [0.717, 1.165) is 5.56 Å². The Morgan fingerprint density at radius 1 is 1.25 bits per heavy atom. The maximum absolute atomic E-state index is 12.5. The van der Waals surface area contributed by atoms with Gasteiger partial charge in [0.1, 0.15) is 5.76 Å². The topological polar surface area (TPSA) is 129 Å². The fraction of sp³-hybridized carbons (Fsp3) is 0.100. The van der Waals surface area contributed by atoms with Gasteiger partial charge in [0, 0.05) is 30.1 Å². The summed E-state index contributed by atoms with van der Waals surface area (Å²) >= 11 is 7.23. The fourth-order valence-corrected chi connectivity index (χ4v) is 3.80. The molecule has 0 aliphatic heterocycles. The van der Waals surface area contributed by atoms with Crippen molar-refractivity contribution in [2.75, 3.05) is 11.1 Å². The quantitative estimate of drug-likeness (QED) is 0.229. The molecule has 0 bridgehead atoms. The van der Waals surface area contributed by atoms with Gasteiger partial charge in [0.25, 0.3) is 5.69 Å². The first kappa shape index (κ1) is 21.5. The number of rotatable bonds is 8. The van der Waals surface area contributed by atoms with Gasteiger partial charge < -0.3 is 9.73 Å². The normalized spacial score (nSPS) is 10.8. The number of benzene rings is 1. The largest absolute Gasteiger partial charge is 0.467 e. The van der Waals surface area contributed by atoms with Crippen LogP contribution in [-0.4, -0.2) is 36.3 Å². The summed E-state index contributed by atoms with van der Waals surface area (Å²) in [7, 11) is 0. The molecule has 0 atom stereocenters. The predicted octanol–water partition coefficient (Wildman–Crippen LogP) is 4.27. The Hall–Kier alpha value is -3.70. The molecule has 0 radical (unpaired) electrons. The van der Waals surface area contributed by atoms with Crippen LogP contribution < -0.4 is 5.32 Å². The summed E-state index contributed by atoms with van der Waals surface area (Å²) in [6.45, 7) is 0.377. The Labute approximate surface area is 190 Å². The van der Waals surface area contributed by atoms with Crippen LogP contribution in [-0.2, 0) is 11.3 Å². The van der Waals surface area contributed by atoms with E-state index >= 15 is 0 Å². The number of carbonyl (C=O) groups is 1. The van der Waals surface area contributed by atoms with E-state index in [1.165, 1.54) is 30.0 Å². The van der Waals surface area contributed by atoms with E-state index in [1.807, 2.05) is 16.7 Å². The molecular formula is C20H15ClN6O4S. The number of halogens is 1. The Morgan fingerprint density at radius 3 is 2.81 bits per heavy atom. The van der Waals surface area contributed by atoms with E-state index in [2.05, 4.69) is 20.5 Å². The minimum Gasteiger partial charge on any atom is -0.467 e. The minimum absolute atomic E-state index is 0.0244. The third-order valence-corrected chi connectivity index (χ3v) is 5.58. The fourth-order valence-electron chi connectivity index (χ4n) is 2.84. The molecule has 4 rings (SSSR count). The molecule has 1 amide bonds. The summed E-state index contributed by atoms with van der Waals surface area (Å²) in [5.74, 6) is 0.979. The number of nitro benzene ring substituents is 1. The van der Waals surface area contributed by atoms with Crippen molar-refractivity contribution in [3.8, 4) is 11.4 Å². The van der Waals surface area contributed by atoms with Crippen molar-refractivity contribution >= 4 is 40.6 Å². The first-order valence-electron chi connectivity index (χ1n) is 9.24. The molecule has 10 nitrogen and oxygen atoms in total. The summed E-state index contributed by atoms with van der Waals surface area (Å²) in [5, 5.41) is 22.6. The molecule has 0 aliphatic carbocycles. The first-order chi connectivity index (χ1) is 15.5. The molecule has 0 fully saturated rings. The van der Waals surface area contributed by atoms with E-state index in [-0.39, 0.29) is 28.1 Å². The highest BCUT2D eigenvalue weighted by Gasteiger charge is 2.18. The Morgan fingerprint density at radius 2 is 2.12 bits per heavy atom. The number of pyridine rings is 1. The van der Waals surface area contributed by atoms with Crippen LogP contribution in [0.4, 0.5) is 11.4 Å². The van der Waals surface area contributed by atoms with Crippen molar-refractivity contribution in [1.82, 2.24) is 19.7 Å². The van der Waals surface area contributed by atoms with Crippen molar-refractivity contribution in [2.24, 2.45) is 0 Å². The van der Waals surface area contributed by atoms with E-state index in [0.29, 0.717) is 23.3 Å². The molecule has 0 saturated carbocycles. The SMILES string of the molecule is O=C(CSc1nnc(-c2cccnc2)n1Cc1ccco1)Nc1ccc([N+](=O)[O-])cc1Cl. The third-order valence-electron chi connectivity index (χ3n) is 4.30. The highest BCUT2D eigenvalue weighted by molar-refractivity contribution is 7.99. The van der Waals surface area contributed by atoms with Gasteiger partial charge in [0.2, 0.25) is 5.91 Å². The maximum atomic E-state index is 12.5. The molecule has 1 N–H and O–H groups in total. The average molecular weight is 471 g/mol. The molecule has 32 heavy (non-hydrogen) atoms. The second kappa shape index (κ2) is 9.62. The van der Waals surface area contributed by atoms with E-state index in [9.17, 15) is 14.9 Å². The molecule has 162 valence electrons. The molecule has 4 aromatic rings. The molecular weight excluding hydrogens is 456 g/mol. The van der Waals surface area contributed by atoms with Crippen molar-refractivity contribution in [1.29, 1.82) is 0 Å². The van der Waals surface area contributed by atoms with Gasteiger partial charge in [-0.1, -0.05) is 23.4 Å². The monoisotopic (exact) mass is 470 g/mol. The lowest BCUT2D eigenvalue weighted by atomic mass is 10.2. The summed E-state index contributed by atoms with van der Waals surface area (Å²) in [6, 6.07) is 11.1. The highest BCUT2D eigenvalue weighted by atomic mass is 35.5. The number of nitrogens with zero attached hydrogens (tertiary/aromatic N) is 5. The summed E-state index contributed by atoms with van der Waals surface area (Å²) in [4.78, 5) is 26.8. The lowest BCUT2D eigenvalue weighted by molar-refractivity contribution is -0.384. The number of furan rings is 1. The molecule has 0 unspecified atom stereocenters. The van der Waals surface area contributed by atoms with Crippen LogP contribution >= 0.6 is 23.4 Å². The highest BCUT2D eigenvalue weighted by Crippen LogP contribution is 2.28. The number of thioether (sulfide) groups is 1. The zero-order chi connectivity index (χ0) is 22.5. The number of nitro groups is 1. The van der Waals surface area contributed by atoms with Gasteiger partial charge in [-0.15, -0.1) is 10.2 Å². The number of carbonyl (C=O) groups excluding carboxylic acids is 1. The second-order valence-electron chi connectivity index (χ2n) is 6.47. The van der Waals surface area contributed by atoms with Crippen LogP contribution in [0, 0.1) is 10.1 Å². The molecule has 1 aromatic carbocycles. The van der Waals surface area contributed by atoms with Crippen LogP contribution in [0.3, 0.4) is 0 Å². The molecule has 0 spiro atoms. The molecule has 0 saturated heterocycles. The van der Waals surface area contributed by atoms with Crippen molar-refractivity contribution in [3.05, 3.63) is 82.0 Å². The Balaban J connectivity index is 1.50. The van der Waals surface area contributed by atoms with Gasteiger partial charge in [-0.3, -0.25) is 24.5 Å². The standard InChI is InChI=1S/C20H15ClN6O4S/c21-16-9-14(27(29)30)5-6-17(16)23-18(28)12-32-20-25-24-19(13-3-1-7-22-10-13)26(20)11-15-4-2-8-31-15/h1-10H,11-12H2,(H,23,28). The van der Waals surface area contributed by atoms with Gasteiger partial charge in [-0.05, 0) is 30.3 Å². The number of aromatic nitrogens is 4. The van der Waals surface area contributed by atoms with Gasteiger partial charge in [-0.25, -0.2) is 0 Å². The number of anilines is 1. The van der Waals surface area contributed by atoms with Crippen LogP contribution in [0.5, 0.6) is 0 Å². The van der Waals surface area contributed by atoms with Crippen LogP contribution in [0.15, 0.2) is 70.7 Å². The van der Waals surface area contributed by atoms with Gasteiger partial charge >= 0.3 is 0 Å². The van der Waals surface area contributed by atoms with E-state index in [4.69, 9.17) is 16.0 Å². The van der Waals surface area contributed by atoms with Crippen molar-refractivity contribution in [2.45, 2.75) is 11.7 Å². The van der Waals surface area contributed by atoms with Crippen LogP contribution in [0.1, 0.15) is 5.76 Å². The third kappa shape index (κ3) is 4.95. The van der Waals surface area contributed by atoms with Crippen molar-refractivity contribution < 1.29 is 14.1 Å². The number of nitrogens with one attached hydrogen (secondary N) is 1. The van der Waals surface area contributed by atoms with Gasteiger partial charge in [-0.2, -0.15) is 0 Å². The summed E-state index contributed by atoms with van der Waals surface area (Å²) in [6.07, 6.45) is 4.93. The zero-order valence-corrected chi connectivity index (χ0v) is 17.9. The lowest BCUT2D eigenvalue weighted by Gasteiger charge is -2.09. The number of non-ortho nitro benzene ring substituents is 1. The van der Waals surface area contributed by atoms with E-state index < -0.39 is 4.92 Å². The number of hydrogen-bond donors (Lipinski definition) is 1. The predicted molar refractivity (Wildman–Crippen MR) is 119 cm³/mol. The van der Waals surface area contributed by atoms with Gasteiger partial charge in [0.15, 0.2) is 11.0 Å². The first-order valence-corrected chi connectivity index (χ1v) is 10.6.